The summed E-state index contributed by atoms with van der Waals surface area (Å²) in [5, 5.41) is 2.83. The lowest BCUT2D eigenvalue weighted by atomic mass is 10.1. The Balaban J connectivity index is 2.22. The minimum absolute atomic E-state index is 0.0771. The Morgan fingerprint density at radius 3 is 2.75 bits per heavy atom. The molecule has 0 aliphatic carbocycles. The molecule has 2 unspecified atom stereocenters. The van der Waals surface area contributed by atoms with Gasteiger partial charge in [0.2, 0.25) is 5.91 Å². The van der Waals surface area contributed by atoms with Gasteiger partial charge in [0.1, 0.15) is 0 Å². The van der Waals surface area contributed by atoms with E-state index in [0.29, 0.717) is 11.8 Å². The molecule has 1 N–H and O–H groups in total. The zero-order valence-electron chi connectivity index (χ0n) is 10.6. The van der Waals surface area contributed by atoms with Crippen molar-refractivity contribution in [3.05, 3.63) is 0 Å². The fourth-order valence-electron chi connectivity index (χ4n) is 2.02. The molecule has 1 fully saturated rings. The summed E-state index contributed by atoms with van der Waals surface area (Å²) in [6.07, 6.45) is 1.20. The predicted molar refractivity (Wildman–Crippen MR) is 70.8 cm³/mol. The monoisotopic (exact) mass is 244 g/mol. The predicted octanol–water partition coefficient (Wildman–Crippen LogP) is 1.40. The maximum absolute atomic E-state index is 11.7. The smallest absolute Gasteiger partial charge is 0.233 e. The van der Waals surface area contributed by atoms with Crippen molar-refractivity contribution in [2.24, 2.45) is 11.8 Å². The van der Waals surface area contributed by atoms with Gasteiger partial charge in [-0.3, -0.25) is 4.79 Å². The summed E-state index contributed by atoms with van der Waals surface area (Å²) in [5.41, 5.74) is 0. The Hall–Kier alpha value is -0.220. The lowest BCUT2D eigenvalue weighted by molar-refractivity contribution is -0.121. The first kappa shape index (κ1) is 13.8. The van der Waals surface area contributed by atoms with Crippen LogP contribution in [-0.2, 0) is 4.79 Å². The normalized spacial score (nSPS) is 23.7. The van der Waals surface area contributed by atoms with E-state index in [2.05, 4.69) is 29.8 Å². The molecule has 0 spiro atoms. The fraction of sp³-hybridized carbons (Fsp3) is 0.917. The molecule has 3 nitrogen and oxygen atoms in total. The van der Waals surface area contributed by atoms with E-state index in [1.807, 2.05) is 13.8 Å². The van der Waals surface area contributed by atoms with E-state index in [0.717, 1.165) is 19.6 Å². The SMILES string of the molecule is CCN1CCC(CNC(=O)C(S)C(C)C)C1. The molecule has 94 valence electrons. The number of likely N-dealkylation sites (tertiary alicyclic amines) is 1. The van der Waals surface area contributed by atoms with Crippen molar-refractivity contribution in [2.75, 3.05) is 26.2 Å². The van der Waals surface area contributed by atoms with E-state index in [1.54, 1.807) is 0 Å². The highest BCUT2D eigenvalue weighted by molar-refractivity contribution is 7.81. The van der Waals surface area contributed by atoms with E-state index in [9.17, 15) is 4.79 Å². The highest BCUT2D eigenvalue weighted by atomic mass is 32.1. The summed E-state index contributed by atoms with van der Waals surface area (Å²) >= 11 is 4.31. The minimum Gasteiger partial charge on any atom is -0.355 e. The van der Waals surface area contributed by atoms with Crippen molar-refractivity contribution in [2.45, 2.75) is 32.4 Å². The van der Waals surface area contributed by atoms with Gasteiger partial charge in [-0.15, -0.1) is 0 Å². The minimum atomic E-state index is -0.177. The molecule has 4 heteroatoms. The van der Waals surface area contributed by atoms with Crippen LogP contribution in [0.4, 0.5) is 0 Å². The van der Waals surface area contributed by atoms with Gasteiger partial charge in [0.25, 0.3) is 0 Å². The first-order valence-corrected chi connectivity index (χ1v) is 6.74. The lowest BCUT2D eigenvalue weighted by Crippen LogP contribution is -2.37. The van der Waals surface area contributed by atoms with Gasteiger partial charge in [0, 0.05) is 13.1 Å². The molecule has 0 radical (unpaired) electrons. The number of amides is 1. The van der Waals surface area contributed by atoms with Gasteiger partial charge in [-0.05, 0) is 31.3 Å². The third-order valence-electron chi connectivity index (χ3n) is 3.28. The van der Waals surface area contributed by atoms with E-state index in [-0.39, 0.29) is 11.2 Å². The van der Waals surface area contributed by atoms with Gasteiger partial charge >= 0.3 is 0 Å². The molecular weight excluding hydrogens is 220 g/mol. The highest BCUT2D eigenvalue weighted by Gasteiger charge is 2.23. The van der Waals surface area contributed by atoms with Crippen LogP contribution in [0.1, 0.15) is 27.2 Å². The van der Waals surface area contributed by atoms with Crippen LogP contribution in [-0.4, -0.2) is 42.2 Å². The maximum Gasteiger partial charge on any atom is 0.233 e. The largest absolute Gasteiger partial charge is 0.355 e. The molecule has 1 aliphatic heterocycles. The van der Waals surface area contributed by atoms with Crippen molar-refractivity contribution in [3.63, 3.8) is 0 Å². The Kier molecular flexibility index (Phi) is 5.62. The quantitative estimate of drug-likeness (QED) is 0.717. The van der Waals surface area contributed by atoms with Crippen LogP contribution in [0.15, 0.2) is 0 Å². The van der Waals surface area contributed by atoms with E-state index < -0.39 is 0 Å². The van der Waals surface area contributed by atoms with Crippen LogP contribution in [0.3, 0.4) is 0 Å². The second kappa shape index (κ2) is 6.50. The number of carbonyl (C=O) groups excluding carboxylic acids is 1. The number of rotatable bonds is 5. The van der Waals surface area contributed by atoms with E-state index in [4.69, 9.17) is 0 Å². The van der Waals surface area contributed by atoms with Crippen LogP contribution in [0.2, 0.25) is 0 Å². The van der Waals surface area contributed by atoms with Gasteiger partial charge in [-0.1, -0.05) is 20.8 Å². The van der Waals surface area contributed by atoms with E-state index >= 15 is 0 Å². The molecule has 1 amide bonds. The molecule has 0 aromatic carbocycles. The lowest BCUT2D eigenvalue weighted by Gasteiger charge is -2.17. The molecule has 0 saturated carbocycles. The molecular formula is C12H24N2OS. The van der Waals surface area contributed by atoms with Crippen molar-refractivity contribution in [1.82, 2.24) is 10.2 Å². The third kappa shape index (κ3) is 3.98. The second-order valence-corrected chi connectivity index (χ2v) is 5.54. The van der Waals surface area contributed by atoms with Gasteiger partial charge in [-0.25, -0.2) is 0 Å². The molecule has 0 bridgehead atoms. The topological polar surface area (TPSA) is 32.3 Å². The van der Waals surface area contributed by atoms with Crippen LogP contribution in [0.5, 0.6) is 0 Å². The average Bonchev–Trinajstić information content (AvgIpc) is 2.72. The maximum atomic E-state index is 11.7. The fourth-order valence-corrected chi connectivity index (χ4v) is 2.11. The third-order valence-corrected chi connectivity index (χ3v) is 4.11. The zero-order valence-corrected chi connectivity index (χ0v) is 11.5. The number of hydrogen-bond acceptors (Lipinski definition) is 3. The van der Waals surface area contributed by atoms with E-state index in [1.165, 1.54) is 13.0 Å². The first-order chi connectivity index (χ1) is 7.54. The second-order valence-electron chi connectivity index (χ2n) is 4.98. The summed E-state index contributed by atoms with van der Waals surface area (Å²) in [4.78, 5) is 14.1. The Bertz CT molecular complexity index is 233. The van der Waals surface area contributed by atoms with Gasteiger partial charge < -0.3 is 10.2 Å². The standard InChI is InChI=1S/C12H24N2OS/c1-4-14-6-5-10(8-14)7-13-12(15)11(16)9(2)3/h9-11,16H,4-8H2,1-3H3,(H,13,15). The van der Waals surface area contributed by atoms with Crippen LogP contribution in [0, 0.1) is 11.8 Å². The average molecular weight is 244 g/mol. The number of nitrogens with one attached hydrogen (secondary N) is 1. The summed E-state index contributed by atoms with van der Waals surface area (Å²) in [6, 6.07) is 0. The molecule has 16 heavy (non-hydrogen) atoms. The molecule has 1 rings (SSSR count). The molecule has 2 atom stereocenters. The summed E-state index contributed by atoms with van der Waals surface area (Å²) in [6.45, 7) is 10.4. The Morgan fingerprint density at radius 1 is 1.56 bits per heavy atom. The Morgan fingerprint density at radius 2 is 2.25 bits per heavy atom. The highest BCUT2D eigenvalue weighted by Crippen LogP contribution is 2.15. The molecule has 1 saturated heterocycles. The number of nitrogens with zero attached hydrogens (tertiary/aromatic N) is 1. The van der Waals surface area contributed by atoms with Crippen LogP contribution >= 0.6 is 12.6 Å². The first-order valence-electron chi connectivity index (χ1n) is 6.22. The summed E-state index contributed by atoms with van der Waals surface area (Å²) in [7, 11) is 0. The van der Waals surface area contributed by atoms with Crippen LogP contribution in [0.25, 0.3) is 0 Å². The summed E-state index contributed by atoms with van der Waals surface area (Å²) in [5.74, 6) is 0.990. The van der Waals surface area contributed by atoms with Gasteiger partial charge in [0.15, 0.2) is 0 Å². The molecule has 1 aliphatic rings. The molecule has 0 aromatic heterocycles. The molecule has 0 aromatic rings. The number of thiol groups is 1. The van der Waals surface area contributed by atoms with Crippen molar-refractivity contribution < 1.29 is 4.79 Å². The number of hydrogen-bond donors (Lipinski definition) is 2. The number of carbonyl (C=O) groups is 1. The summed E-state index contributed by atoms with van der Waals surface area (Å²) < 4.78 is 0. The van der Waals surface area contributed by atoms with Crippen molar-refractivity contribution >= 4 is 18.5 Å². The van der Waals surface area contributed by atoms with Crippen LogP contribution < -0.4 is 5.32 Å². The van der Waals surface area contributed by atoms with Crippen molar-refractivity contribution in [1.29, 1.82) is 0 Å². The molecule has 1 heterocycles. The Labute approximate surface area is 104 Å². The zero-order chi connectivity index (χ0) is 12.1. The van der Waals surface area contributed by atoms with Crippen molar-refractivity contribution in [3.8, 4) is 0 Å². The van der Waals surface area contributed by atoms with Gasteiger partial charge in [0.05, 0.1) is 5.25 Å². The van der Waals surface area contributed by atoms with Gasteiger partial charge in [-0.2, -0.15) is 12.6 Å².